The summed E-state index contributed by atoms with van der Waals surface area (Å²) in [6, 6.07) is -0.361. The number of aliphatic carboxylic acids is 1. The van der Waals surface area contributed by atoms with Crippen molar-refractivity contribution in [2.24, 2.45) is 0 Å². The molecule has 2 amide bonds. The van der Waals surface area contributed by atoms with Crippen LogP contribution in [0.4, 0.5) is 4.79 Å². The molecule has 1 aliphatic heterocycles. The van der Waals surface area contributed by atoms with Gasteiger partial charge in [-0.05, 0) is 13.3 Å². The monoisotopic (exact) mass is 268 g/mol. The van der Waals surface area contributed by atoms with Crippen molar-refractivity contribution in [3.8, 4) is 12.3 Å². The Labute approximate surface area is 113 Å². The average molecular weight is 268 g/mol. The van der Waals surface area contributed by atoms with Crippen LogP contribution in [-0.4, -0.2) is 65.3 Å². The van der Waals surface area contributed by atoms with Crippen LogP contribution in [0.1, 0.15) is 20.3 Å². The first-order valence-corrected chi connectivity index (χ1v) is 6.32. The van der Waals surface area contributed by atoms with Crippen molar-refractivity contribution in [1.82, 2.24) is 9.80 Å². The quantitative estimate of drug-likeness (QED) is 0.759. The number of rotatable bonds is 4. The zero-order chi connectivity index (χ0) is 14.4. The van der Waals surface area contributed by atoms with Gasteiger partial charge in [0.15, 0.2) is 0 Å². The van der Waals surface area contributed by atoms with E-state index in [1.54, 1.807) is 4.90 Å². The zero-order valence-corrected chi connectivity index (χ0v) is 11.3. The maximum Gasteiger partial charge on any atom is 0.323 e. The third-order valence-corrected chi connectivity index (χ3v) is 3.06. The minimum absolute atomic E-state index is 0.00664. The Kier molecular flexibility index (Phi) is 5.64. The topological polar surface area (TPSA) is 70.1 Å². The van der Waals surface area contributed by atoms with Crippen LogP contribution in [0.15, 0.2) is 0 Å². The van der Waals surface area contributed by atoms with Crippen molar-refractivity contribution in [2.45, 2.75) is 32.4 Å². The minimum Gasteiger partial charge on any atom is -0.480 e. The van der Waals surface area contributed by atoms with Crippen molar-refractivity contribution >= 4 is 12.0 Å². The highest BCUT2D eigenvalue weighted by atomic mass is 16.5. The molecule has 0 aromatic rings. The van der Waals surface area contributed by atoms with Crippen molar-refractivity contribution in [2.75, 3.05) is 26.2 Å². The van der Waals surface area contributed by atoms with Gasteiger partial charge >= 0.3 is 12.0 Å². The summed E-state index contributed by atoms with van der Waals surface area (Å²) in [5, 5.41) is 8.83. The van der Waals surface area contributed by atoms with E-state index < -0.39 is 5.97 Å². The van der Waals surface area contributed by atoms with Gasteiger partial charge in [-0.15, -0.1) is 6.42 Å². The number of carboxylic acids is 1. The number of ether oxygens (including phenoxy) is 1. The molecule has 0 bridgehead atoms. The van der Waals surface area contributed by atoms with Gasteiger partial charge in [0.05, 0.1) is 25.3 Å². The van der Waals surface area contributed by atoms with Crippen LogP contribution in [0, 0.1) is 12.3 Å². The van der Waals surface area contributed by atoms with Crippen LogP contribution in [0.25, 0.3) is 0 Å². The summed E-state index contributed by atoms with van der Waals surface area (Å²) in [6.07, 6.45) is 5.89. The summed E-state index contributed by atoms with van der Waals surface area (Å²) < 4.78 is 5.51. The molecule has 106 valence electrons. The molecule has 0 radical (unpaired) electrons. The van der Waals surface area contributed by atoms with Crippen molar-refractivity contribution in [3.63, 3.8) is 0 Å². The Balaban J connectivity index is 2.80. The molecule has 0 aromatic heterocycles. The summed E-state index contributed by atoms with van der Waals surface area (Å²) in [4.78, 5) is 26.0. The molecule has 0 saturated carbocycles. The van der Waals surface area contributed by atoms with Gasteiger partial charge in [0.25, 0.3) is 0 Å². The van der Waals surface area contributed by atoms with Crippen LogP contribution in [0.2, 0.25) is 0 Å². The minimum atomic E-state index is -1.07. The van der Waals surface area contributed by atoms with Crippen molar-refractivity contribution < 1.29 is 19.4 Å². The Morgan fingerprint density at radius 1 is 1.58 bits per heavy atom. The predicted molar refractivity (Wildman–Crippen MR) is 69.6 cm³/mol. The summed E-state index contributed by atoms with van der Waals surface area (Å²) >= 11 is 0. The highest BCUT2D eigenvalue weighted by Gasteiger charge is 2.32. The van der Waals surface area contributed by atoms with Crippen LogP contribution in [-0.2, 0) is 9.53 Å². The fourth-order valence-electron chi connectivity index (χ4n) is 2.06. The first kappa shape index (κ1) is 15.3. The number of hydrogen-bond donors (Lipinski definition) is 1. The van der Waals surface area contributed by atoms with Crippen LogP contribution >= 0.6 is 0 Å². The summed E-state index contributed by atoms with van der Waals surface area (Å²) in [7, 11) is 0. The van der Waals surface area contributed by atoms with E-state index in [0.717, 1.165) is 6.42 Å². The van der Waals surface area contributed by atoms with E-state index in [1.807, 2.05) is 13.8 Å². The van der Waals surface area contributed by atoms with E-state index in [0.29, 0.717) is 13.2 Å². The molecule has 1 N–H and O–H groups in total. The number of carbonyl (C=O) groups is 2. The van der Waals surface area contributed by atoms with Crippen LogP contribution < -0.4 is 0 Å². The van der Waals surface area contributed by atoms with Gasteiger partial charge in [0.1, 0.15) is 6.54 Å². The average Bonchev–Trinajstić information content (AvgIpc) is 2.37. The third-order valence-electron chi connectivity index (χ3n) is 3.06. The van der Waals surface area contributed by atoms with E-state index in [9.17, 15) is 9.59 Å². The highest BCUT2D eigenvalue weighted by Crippen LogP contribution is 2.16. The van der Waals surface area contributed by atoms with E-state index in [2.05, 4.69) is 5.92 Å². The molecule has 6 nitrogen and oxygen atoms in total. The lowest BCUT2D eigenvalue weighted by Gasteiger charge is -2.40. The second-order valence-electron chi connectivity index (χ2n) is 4.59. The van der Waals surface area contributed by atoms with E-state index in [4.69, 9.17) is 16.3 Å². The molecule has 6 heteroatoms. The van der Waals surface area contributed by atoms with Crippen molar-refractivity contribution in [3.05, 3.63) is 0 Å². The van der Waals surface area contributed by atoms with Gasteiger partial charge in [0.2, 0.25) is 0 Å². The largest absolute Gasteiger partial charge is 0.480 e. The van der Waals surface area contributed by atoms with E-state index in [-0.39, 0.29) is 31.3 Å². The number of terminal acetylenes is 1. The molecule has 2 atom stereocenters. The summed E-state index contributed by atoms with van der Waals surface area (Å²) in [5.41, 5.74) is 0. The maximum absolute atomic E-state index is 12.4. The van der Waals surface area contributed by atoms with Gasteiger partial charge < -0.3 is 19.6 Å². The molecule has 0 spiro atoms. The van der Waals surface area contributed by atoms with E-state index in [1.165, 1.54) is 4.90 Å². The lowest BCUT2D eigenvalue weighted by molar-refractivity contribution is -0.137. The van der Waals surface area contributed by atoms with E-state index >= 15 is 0 Å². The molecule has 0 aromatic carbocycles. The molecular weight excluding hydrogens is 248 g/mol. The molecule has 19 heavy (non-hydrogen) atoms. The number of morpholine rings is 1. The number of nitrogens with zero attached hydrogens (tertiary/aromatic N) is 2. The third kappa shape index (κ3) is 4.14. The zero-order valence-electron chi connectivity index (χ0n) is 11.3. The first-order valence-electron chi connectivity index (χ1n) is 6.32. The van der Waals surface area contributed by atoms with Gasteiger partial charge in [-0.3, -0.25) is 4.79 Å². The van der Waals surface area contributed by atoms with Gasteiger partial charge in [0, 0.05) is 6.54 Å². The smallest absolute Gasteiger partial charge is 0.323 e. The second-order valence-corrected chi connectivity index (χ2v) is 4.59. The van der Waals surface area contributed by atoms with Gasteiger partial charge in [-0.2, -0.15) is 0 Å². The fraction of sp³-hybridized carbons (Fsp3) is 0.692. The molecule has 1 saturated heterocycles. The number of carbonyl (C=O) groups excluding carboxylic acids is 1. The van der Waals surface area contributed by atoms with Gasteiger partial charge in [-0.1, -0.05) is 12.8 Å². The maximum atomic E-state index is 12.4. The van der Waals surface area contributed by atoms with Crippen molar-refractivity contribution in [1.29, 1.82) is 0 Å². The Bertz CT molecular complexity index is 377. The molecule has 1 aliphatic rings. The predicted octanol–water partition coefficient (Wildman–Crippen LogP) is 0.625. The molecule has 1 heterocycles. The van der Waals surface area contributed by atoms with Crippen LogP contribution in [0.5, 0.6) is 0 Å². The lowest BCUT2D eigenvalue weighted by Crippen LogP contribution is -2.56. The number of hydrogen-bond acceptors (Lipinski definition) is 3. The molecule has 1 fully saturated rings. The SMILES string of the molecule is C#CCN(CC(=O)O)C(=O)N1CC(C)OCC1CC. The Morgan fingerprint density at radius 3 is 2.79 bits per heavy atom. The normalized spacial score (nSPS) is 22.7. The number of carboxylic acid groups (broad SMARTS) is 1. The molecule has 2 unspecified atom stereocenters. The summed E-state index contributed by atoms with van der Waals surface area (Å²) in [6.45, 7) is 4.39. The first-order chi connectivity index (χ1) is 8.99. The second kappa shape index (κ2) is 7.00. The Morgan fingerprint density at radius 2 is 2.26 bits per heavy atom. The lowest BCUT2D eigenvalue weighted by atomic mass is 10.1. The summed E-state index contributed by atoms with van der Waals surface area (Å²) in [5.74, 6) is 1.25. The Hall–Kier alpha value is -1.74. The molecular formula is C13H20N2O4. The van der Waals surface area contributed by atoms with Crippen LogP contribution in [0.3, 0.4) is 0 Å². The molecule has 0 aliphatic carbocycles. The molecule has 1 rings (SSSR count). The fourth-order valence-corrected chi connectivity index (χ4v) is 2.06. The number of urea groups is 1. The number of amides is 2. The standard InChI is InChI=1S/C13H20N2O4/c1-4-6-14(8-12(16)17)13(18)15-7-10(3)19-9-11(15)5-2/h1,10-11H,5-9H2,2-3H3,(H,16,17). The highest BCUT2D eigenvalue weighted by molar-refractivity contribution is 5.80. The van der Waals surface area contributed by atoms with Gasteiger partial charge in [-0.25, -0.2) is 4.79 Å².